The Morgan fingerprint density at radius 1 is 1.21 bits per heavy atom. The smallest absolute Gasteiger partial charge is 0.233 e. The summed E-state index contributed by atoms with van der Waals surface area (Å²) in [5.74, 6) is 0.336. The molecule has 2 N–H and O–H groups in total. The third-order valence-corrected chi connectivity index (χ3v) is 2.98. The second kappa shape index (κ2) is 7.89. The molecule has 19 heavy (non-hydrogen) atoms. The van der Waals surface area contributed by atoms with Gasteiger partial charge in [0.2, 0.25) is 5.91 Å². The SMILES string of the molecule is CC(C)CCNC(=O)CN[C@H](C)c1ccc(F)cc1. The Hall–Kier alpha value is -1.42. The van der Waals surface area contributed by atoms with Crippen molar-refractivity contribution in [3.63, 3.8) is 0 Å². The Morgan fingerprint density at radius 3 is 2.42 bits per heavy atom. The fraction of sp³-hybridized carbons (Fsp3) is 0.533. The van der Waals surface area contributed by atoms with E-state index < -0.39 is 0 Å². The van der Waals surface area contributed by atoms with Crippen molar-refractivity contribution in [1.82, 2.24) is 10.6 Å². The third kappa shape index (κ3) is 6.34. The van der Waals surface area contributed by atoms with Gasteiger partial charge in [-0.15, -0.1) is 0 Å². The van der Waals surface area contributed by atoms with Gasteiger partial charge in [0.1, 0.15) is 5.82 Å². The maximum absolute atomic E-state index is 12.8. The molecule has 0 radical (unpaired) electrons. The molecule has 0 aromatic heterocycles. The number of benzene rings is 1. The van der Waals surface area contributed by atoms with Crippen LogP contribution in [0.25, 0.3) is 0 Å². The van der Waals surface area contributed by atoms with Crippen molar-refractivity contribution in [2.45, 2.75) is 33.2 Å². The quantitative estimate of drug-likeness (QED) is 0.796. The average molecular weight is 266 g/mol. The van der Waals surface area contributed by atoms with E-state index in [9.17, 15) is 9.18 Å². The van der Waals surface area contributed by atoms with Crippen LogP contribution in [0, 0.1) is 11.7 Å². The molecule has 1 aromatic rings. The number of nitrogens with one attached hydrogen (secondary N) is 2. The first-order chi connectivity index (χ1) is 8.99. The van der Waals surface area contributed by atoms with Crippen LogP contribution in [0.5, 0.6) is 0 Å². The summed E-state index contributed by atoms with van der Waals surface area (Å²) in [6.07, 6.45) is 0.985. The van der Waals surface area contributed by atoms with Crippen LogP contribution in [0.3, 0.4) is 0 Å². The minimum absolute atomic E-state index is 0.00499. The molecular weight excluding hydrogens is 243 g/mol. The minimum atomic E-state index is -0.248. The predicted octanol–water partition coefficient (Wildman–Crippen LogP) is 2.64. The van der Waals surface area contributed by atoms with Crippen LogP contribution < -0.4 is 10.6 Å². The summed E-state index contributed by atoms with van der Waals surface area (Å²) in [4.78, 5) is 11.6. The van der Waals surface area contributed by atoms with E-state index in [-0.39, 0.29) is 24.3 Å². The molecule has 106 valence electrons. The number of rotatable bonds is 7. The summed E-state index contributed by atoms with van der Waals surface area (Å²) in [5, 5.41) is 5.99. The van der Waals surface area contributed by atoms with Crippen molar-refractivity contribution >= 4 is 5.91 Å². The van der Waals surface area contributed by atoms with E-state index in [1.807, 2.05) is 6.92 Å². The van der Waals surface area contributed by atoms with Crippen LogP contribution in [0.15, 0.2) is 24.3 Å². The average Bonchev–Trinajstić information content (AvgIpc) is 2.36. The molecular formula is C15H23FN2O. The number of carbonyl (C=O) groups is 1. The molecule has 0 bridgehead atoms. The first-order valence-electron chi connectivity index (χ1n) is 6.74. The Labute approximate surface area is 114 Å². The molecule has 0 unspecified atom stereocenters. The molecule has 0 aliphatic heterocycles. The van der Waals surface area contributed by atoms with Crippen LogP contribution in [-0.2, 0) is 4.79 Å². The van der Waals surface area contributed by atoms with E-state index in [1.165, 1.54) is 12.1 Å². The van der Waals surface area contributed by atoms with Crippen LogP contribution >= 0.6 is 0 Å². The van der Waals surface area contributed by atoms with Gasteiger partial charge in [0.05, 0.1) is 6.54 Å². The van der Waals surface area contributed by atoms with Crippen LogP contribution in [-0.4, -0.2) is 19.0 Å². The van der Waals surface area contributed by atoms with Gasteiger partial charge in [-0.25, -0.2) is 4.39 Å². The molecule has 0 fully saturated rings. The topological polar surface area (TPSA) is 41.1 Å². The molecule has 0 saturated heterocycles. The highest BCUT2D eigenvalue weighted by Crippen LogP contribution is 2.12. The Bertz CT molecular complexity index is 390. The lowest BCUT2D eigenvalue weighted by molar-refractivity contribution is -0.120. The lowest BCUT2D eigenvalue weighted by atomic mass is 10.1. The Morgan fingerprint density at radius 2 is 1.84 bits per heavy atom. The molecule has 0 aliphatic carbocycles. The van der Waals surface area contributed by atoms with Crippen molar-refractivity contribution < 1.29 is 9.18 Å². The minimum Gasteiger partial charge on any atom is -0.355 e. The zero-order chi connectivity index (χ0) is 14.3. The molecule has 0 saturated carbocycles. The summed E-state index contributed by atoms with van der Waals surface area (Å²) >= 11 is 0. The van der Waals surface area contributed by atoms with E-state index in [0.717, 1.165) is 12.0 Å². The first kappa shape index (κ1) is 15.6. The van der Waals surface area contributed by atoms with E-state index in [4.69, 9.17) is 0 Å². The monoisotopic (exact) mass is 266 g/mol. The van der Waals surface area contributed by atoms with Crippen LogP contribution in [0.2, 0.25) is 0 Å². The first-order valence-corrected chi connectivity index (χ1v) is 6.74. The van der Waals surface area contributed by atoms with Gasteiger partial charge < -0.3 is 10.6 Å². The molecule has 1 atom stereocenters. The highest BCUT2D eigenvalue weighted by Gasteiger charge is 2.07. The highest BCUT2D eigenvalue weighted by atomic mass is 19.1. The lowest BCUT2D eigenvalue weighted by Gasteiger charge is -2.14. The fourth-order valence-electron chi connectivity index (χ4n) is 1.68. The molecule has 0 heterocycles. The van der Waals surface area contributed by atoms with E-state index in [2.05, 4.69) is 24.5 Å². The van der Waals surface area contributed by atoms with Gasteiger partial charge in [0, 0.05) is 12.6 Å². The second-order valence-electron chi connectivity index (χ2n) is 5.19. The number of hydrogen-bond donors (Lipinski definition) is 2. The van der Waals surface area contributed by atoms with Crippen molar-refractivity contribution in [2.75, 3.05) is 13.1 Å². The zero-order valence-corrected chi connectivity index (χ0v) is 11.9. The lowest BCUT2D eigenvalue weighted by Crippen LogP contribution is -2.35. The molecule has 4 heteroatoms. The fourth-order valence-corrected chi connectivity index (χ4v) is 1.68. The normalized spacial score (nSPS) is 12.5. The number of halogens is 1. The summed E-state index contributed by atoms with van der Waals surface area (Å²) in [6.45, 7) is 7.19. The number of hydrogen-bond acceptors (Lipinski definition) is 2. The molecule has 3 nitrogen and oxygen atoms in total. The molecule has 0 aliphatic rings. The van der Waals surface area contributed by atoms with Crippen molar-refractivity contribution in [2.24, 2.45) is 5.92 Å². The molecule has 1 amide bonds. The van der Waals surface area contributed by atoms with E-state index >= 15 is 0 Å². The zero-order valence-electron chi connectivity index (χ0n) is 11.9. The van der Waals surface area contributed by atoms with Crippen LogP contribution in [0.1, 0.15) is 38.8 Å². The summed E-state index contributed by atoms with van der Waals surface area (Å²) in [7, 11) is 0. The van der Waals surface area contributed by atoms with Gasteiger partial charge in [-0.05, 0) is 37.0 Å². The second-order valence-corrected chi connectivity index (χ2v) is 5.19. The van der Waals surface area contributed by atoms with Gasteiger partial charge in [0.25, 0.3) is 0 Å². The van der Waals surface area contributed by atoms with Gasteiger partial charge in [-0.2, -0.15) is 0 Å². The maximum Gasteiger partial charge on any atom is 0.233 e. The Kier molecular flexibility index (Phi) is 6.50. The van der Waals surface area contributed by atoms with E-state index in [1.54, 1.807) is 12.1 Å². The summed E-state index contributed by atoms with van der Waals surface area (Å²) in [5.41, 5.74) is 0.969. The number of amides is 1. The van der Waals surface area contributed by atoms with Crippen molar-refractivity contribution in [3.05, 3.63) is 35.6 Å². The van der Waals surface area contributed by atoms with Gasteiger partial charge in [0.15, 0.2) is 0 Å². The van der Waals surface area contributed by atoms with Crippen molar-refractivity contribution in [1.29, 1.82) is 0 Å². The third-order valence-electron chi connectivity index (χ3n) is 2.98. The van der Waals surface area contributed by atoms with Gasteiger partial charge in [-0.3, -0.25) is 4.79 Å². The standard InChI is InChI=1S/C15H23FN2O/c1-11(2)8-9-17-15(19)10-18-12(3)13-4-6-14(16)7-5-13/h4-7,11-12,18H,8-10H2,1-3H3,(H,17,19)/t12-/m1/s1. The molecule has 0 spiro atoms. The maximum atomic E-state index is 12.8. The Balaban J connectivity index is 2.27. The predicted molar refractivity (Wildman–Crippen MR) is 75.3 cm³/mol. The highest BCUT2D eigenvalue weighted by molar-refractivity contribution is 5.77. The van der Waals surface area contributed by atoms with Gasteiger partial charge >= 0.3 is 0 Å². The van der Waals surface area contributed by atoms with Crippen LogP contribution in [0.4, 0.5) is 4.39 Å². The van der Waals surface area contributed by atoms with Gasteiger partial charge in [-0.1, -0.05) is 26.0 Å². The van der Waals surface area contributed by atoms with E-state index in [0.29, 0.717) is 12.5 Å². The largest absolute Gasteiger partial charge is 0.355 e. The number of carbonyl (C=O) groups excluding carboxylic acids is 1. The molecule has 1 rings (SSSR count). The summed E-state index contributed by atoms with van der Waals surface area (Å²) < 4.78 is 12.8. The van der Waals surface area contributed by atoms with Crippen molar-refractivity contribution in [3.8, 4) is 0 Å². The summed E-state index contributed by atoms with van der Waals surface area (Å²) in [6, 6.07) is 6.33. The molecule has 1 aromatic carbocycles.